The van der Waals surface area contributed by atoms with E-state index in [1.165, 1.54) is 12.3 Å². The van der Waals surface area contributed by atoms with E-state index in [1.807, 2.05) is 0 Å². The summed E-state index contributed by atoms with van der Waals surface area (Å²) < 4.78 is 0. The van der Waals surface area contributed by atoms with Crippen LogP contribution in [-0.2, 0) is 9.59 Å². The number of rotatable bonds is 4. The van der Waals surface area contributed by atoms with Crippen molar-refractivity contribution in [2.24, 2.45) is 0 Å². The van der Waals surface area contributed by atoms with E-state index in [2.05, 4.69) is 10.3 Å². The maximum absolute atomic E-state index is 11.4. The van der Waals surface area contributed by atoms with Crippen molar-refractivity contribution >= 4 is 17.6 Å². The van der Waals surface area contributed by atoms with Crippen molar-refractivity contribution in [2.45, 2.75) is 19.8 Å². The molecule has 0 atom stereocenters. The Bertz CT molecular complexity index is 401. The molecule has 0 saturated heterocycles. The molecule has 1 heterocycles. The minimum atomic E-state index is -0.595. The fourth-order valence-electron chi connectivity index (χ4n) is 1.04. The molecule has 1 aromatic heterocycles. The highest BCUT2D eigenvalue weighted by atomic mass is 16.2. The van der Waals surface area contributed by atoms with Gasteiger partial charge in [-0.15, -0.1) is 0 Å². The van der Waals surface area contributed by atoms with Crippen LogP contribution in [0.15, 0.2) is 24.4 Å². The van der Waals surface area contributed by atoms with E-state index in [-0.39, 0.29) is 24.3 Å². The lowest BCUT2D eigenvalue weighted by Crippen LogP contribution is -2.32. The summed E-state index contributed by atoms with van der Waals surface area (Å²) in [6.07, 6.45) is 1.47. The van der Waals surface area contributed by atoms with Crippen LogP contribution in [-0.4, -0.2) is 22.6 Å². The zero-order valence-electron chi connectivity index (χ0n) is 8.90. The number of hydrogen-bond acceptors (Lipinski definition) is 4. The Hall–Kier alpha value is -2.04. The van der Waals surface area contributed by atoms with Gasteiger partial charge in [0.1, 0.15) is 11.5 Å². The topological polar surface area (TPSA) is 76.1 Å². The molecule has 0 aliphatic rings. The molecule has 1 aromatic rings. The lowest BCUT2D eigenvalue weighted by molar-refractivity contribution is -0.127. The summed E-state index contributed by atoms with van der Waals surface area (Å²) in [7, 11) is 0. The van der Waals surface area contributed by atoms with Gasteiger partial charge >= 0.3 is 0 Å². The third-order valence-electron chi connectivity index (χ3n) is 1.90. The highest BCUT2D eigenvalue weighted by Crippen LogP contribution is 1.94. The molecule has 0 aromatic carbocycles. The molecule has 5 heteroatoms. The maximum Gasteiger partial charge on any atom is 0.276 e. The number of imide groups is 1. The molecule has 0 spiro atoms. The Kier molecular flexibility index (Phi) is 4.32. The lowest BCUT2D eigenvalue weighted by Gasteiger charge is -2.01. The van der Waals surface area contributed by atoms with Crippen LogP contribution in [0.4, 0.5) is 0 Å². The summed E-state index contributed by atoms with van der Waals surface area (Å²) in [5, 5.41) is 2.10. The molecule has 2 amide bonds. The first kappa shape index (κ1) is 12.0. The van der Waals surface area contributed by atoms with Gasteiger partial charge in [-0.25, -0.2) is 0 Å². The number of Topliss-reactive ketones (excluding diaryl/α,β-unsaturated/α-hetero) is 1. The van der Waals surface area contributed by atoms with Crippen LogP contribution in [0, 0.1) is 0 Å². The smallest absolute Gasteiger partial charge is 0.276 e. The van der Waals surface area contributed by atoms with Crippen molar-refractivity contribution in [3.63, 3.8) is 0 Å². The van der Waals surface area contributed by atoms with Gasteiger partial charge in [-0.05, 0) is 12.1 Å². The van der Waals surface area contributed by atoms with Gasteiger partial charge < -0.3 is 0 Å². The van der Waals surface area contributed by atoms with Crippen LogP contribution in [0.25, 0.3) is 0 Å². The Morgan fingerprint density at radius 3 is 2.62 bits per heavy atom. The molecule has 0 aliphatic heterocycles. The Balaban J connectivity index is 2.52. The van der Waals surface area contributed by atoms with Crippen LogP contribution in [0.3, 0.4) is 0 Å². The van der Waals surface area contributed by atoms with E-state index < -0.39 is 11.8 Å². The first-order valence-electron chi connectivity index (χ1n) is 4.90. The molecule has 5 nitrogen and oxygen atoms in total. The van der Waals surface area contributed by atoms with Gasteiger partial charge in [-0.1, -0.05) is 13.0 Å². The number of carbonyl (C=O) groups excluding carboxylic acids is 3. The van der Waals surface area contributed by atoms with Gasteiger partial charge in [0, 0.05) is 12.6 Å². The number of hydrogen-bond donors (Lipinski definition) is 1. The van der Waals surface area contributed by atoms with E-state index in [0.717, 1.165) is 0 Å². The molecule has 0 aliphatic carbocycles. The molecule has 0 saturated carbocycles. The van der Waals surface area contributed by atoms with E-state index in [0.29, 0.717) is 0 Å². The Morgan fingerprint density at radius 2 is 2.06 bits per heavy atom. The number of pyridine rings is 1. The molecule has 1 rings (SSSR count). The van der Waals surface area contributed by atoms with Crippen molar-refractivity contribution in [1.82, 2.24) is 10.3 Å². The first-order valence-corrected chi connectivity index (χ1v) is 4.90. The quantitative estimate of drug-likeness (QED) is 0.758. The number of nitrogens with one attached hydrogen (secondary N) is 1. The highest BCUT2D eigenvalue weighted by molar-refractivity contribution is 6.08. The number of carbonyl (C=O) groups is 3. The summed E-state index contributed by atoms with van der Waals surface area (Å²) in [5.41, 5.74) is 0.153. The van der Waals surface area contributed by atoms with Gasteiger partial charge in [-0.3, -0.25) is 24.7 Å². The molecule has 0 bridgehead atoms. The molecule has 84 valence electrons. The van der Waals surface area contributed by atoms with E-state index in [1.54, 1.807) is 19.1 Å². The van der Waals surface area contributed by atoms with Crippen molar-refractivity contribution in [2.75, 3.05) is 0 Å². The number of ketones is 1. The van der Waals surface area contributed by atoms with Crippen molar-refractivity contribution in [1.29, 1.82) is 0 Å². The highest BCUT2D eigenvalue weighted by Gasteiger charge is 2.13. The SMILES string of the molecule is CCC(=O)CC(=O)NC(=O)c1ccccn1. The van der Waals surface area contributed by atoms with Crippen molar-refractivity contribution in [3.05, 3.63) is 30.1 Å². The lowest BCUT2D eigenvalue weighted by atomic mass is 10.2. The fourth-order valence-corrected chi connectivity index (χ4v) is 1.04. The summed E-state index contributed by atoms with van der Waals surface area (Å²) in [6, 6.07) is 4.80. The Labute approximate surface area is 92.9 Å². The second-order valence-corrected chi connectivity index (χ2v) is 3.16. The Morgan fingerprint density at radius 1 is 1.31 bits per heavy atom. The van der Waals surface area contributed by atoms with Gasteiger partial charge in [0.05, 0.1) is 6.42 Å². The zero-order chi connectivity index (χ0) is 12.0. The minimum Gasteiger partial charge on any atom is -0.299 e. The van der Waals surface area contributed by atoms with Crippen LogP contribution >= 0.6 is 0 Å². The molecular formula is C11H12N2O3. The molecule has 16 heavy (non-hydrogen) atoms. The zero-order valence-corrected chi connectivity index (χ0v) is 8.90. The first-order chi connectivity index (χ1) is 7.63. The van der Waals surface area contributed by atoms with Gasteiger partial charge in [0.15, 0.2) is 0 Å². The summed E-state index contributed by atoms with van der Waals surface area (Å²) >= 11 is 0. The van der Waals surface area contributed by atoms with Crippen molar-refractivity contribution < 1.29 is 14.4 Å². The standard InChI is InChI=1S/C11H12N2O3/c1-2-8(14)7-10(15)13-11(16)9-5-3-4-6-12-9/h3-6H,2,7H2,1H3,(H,13,15,16). The predicted octanol–water partition coefficient (Wildman–Crippen LogP) is 0.707. The maximum atomic E-state index is 11.4. The van der Waals surface area contributed by atoms with Crippen LogP contribution in [0.5, 0.6) is 0 Å². The van der Waals surface area contributed by atoms with Gasteiger partial charge in [-0.2, -0.15) is 0 Å². The number of amides is 2. The molecule has 0 unspecified atom stereocenters. The summed E-state index contributed by atoms with van der Waals surface area (Å²) in [5.74, 6) is -1.39. The molecule has 0 radical (unpaired) electrons. The third kappa shape index (κ3) is 3.61. The van der Waals surface area contributed by atoms with Gasteiger partial charge in [0.2, 0.25) is 5.91 Å². The minimum absolute atomic E-state index is 0.153. The number of aromatic nitrogens is 1. The van der Waals surface area contributed by atoms with E-state index in [4.69, 9.17) is 0 Å². The summed E-state index contributed by atoms with van der Waals surface area (Å²) in [6.45, 7) is 1.66. The average molecular weight is 220 g/mol. The van der Waals surface area contributed by atoms with Crippen LogP contribution in [0.1, 0.15) is 30.3 Å². The van der Waals surface area contributed by atoms with Gasteiger partial charge in [0.25, 0.3) is 5.91 Å². The molecule has 0 fully saturated rings. The second-order valence-electron chi connectivity index (χ2n) is 3.16. The molecular weight excluding hydrogens is 208 g/mol. The van der Waals surface area contributed by atoms with E-state index in [9.17, 15) is 14.4 Å². The van der Waals surface area contributed by atoms with Crippen LogP contribution < -0.4 is 5.32 Å². The molecule has 1 N–H and O–H groups in total. The van der Waals surface area contributed by atoms with Crippen molar-refractivity contribution in [3.8, 4) is 0 Å². The monoisotopic (exact) mass is 220 g/mol. The average Bonchev–Trinajstić information content (AvgIpc) is 2.29. The summed E-state index contributed by atoms with van der Waals surface area (Å²) in [4.78, 5) is 37.4. The van der Waals surface area contributed by atoms with Crippen LogP contribution in [0.2, 0.25) is 0 Å². The largest absolute Gasteiger partial charge is 0.299 e. The third-order valence-corrected chi connectivity index (χ3v) is 1.90. The second kappa shape index (κ2) is 5.75. The normalized spacial score (nSPS) is 9.56. The number of nitrogens with zero attached hydrogens (tertiary/aromatic N) is 1. The predicted molar refractivity (Wildman–Crippen MR) is 56.6 cm³/mol. The fraction of sp³-hybridized carbons (Fsp3) is 0.273. The van der Waals surface area contributed by atoms with E-state index >= 15 is 0 Å².